The van der Waals surface area contributed by atoms with E-state index in [1.807, 2.05) is 13.1 Å². The molecule has 1 aliphatic heterocycles. The molecule has 2 atom stereocenters. The van der Waals surface area contributed by atoms with Gasteiger partial charge in [-0.3, -0.25) is 4.79 Å². The van der Waals surface area contributed by atoms with Gasteiger partial charge in [0.15, 0.2) is 0 Å². The Hall–Kier alpha value is -0.980. The molecule has 92 valence electrons. The van der Waals surface area contributed by atoms with Crippen LogP contribution in [0.2, 0.25) is 0 Å². The van der Waals surface area contributed by atoms with Crippen LogP contribution < -0.4 is 10.6 Å². The number of nitrogens with one attached hydrogen (secondary N) is 2. The van der Waals surface area contributed by atoms with Crippen LogP contribution in [0.3, 0.4) is 0 Å². The van der Waals surface area contributed by atoms with Crippen molar-refractivity contribution < 1.29 is 9.53 Å². The number of rotatable bonds is 3. The average molecular weight is 300 g/mol. The Balaban J connectivity index is 1.99. The fraction of sp³-hybridized carbons (Fsp3) is 0.455. The topological polar surface area (TPSA) is 63.2 Å². The van der Waals surface area contributed by atoms with Gasteiger partial charge >= 0.3 is 0 Å². The van der Waals surface area contributed by atoms with Gasteiger partial charge in [-0.2, -0.15) is 0 Å². The lowest BCUT2D eigenvalue weighted by Gasteiger charge is -2.15. The van der Waals surface area contributed by atoms with E-state index in [0.717, 1.165) is 4.47 Å². The molecular formula is C11H14BrN3O2. The lowest BCUT2D eigenvalue weighted by molar-refractivity contribution is -0.120. The van der Waals surface area contributed by atoms with Gasteiger partial charge in [0.05, 0.1) is 19.1 Å². The molecule has 2 unspecified atom stereocenters. The van der Waals surface area contributed by atoms with Crippen molar-refractivity contribution in [1.82, 2.24) is 10.3 Å². The molecule has 1 aromatic heterocycles. The first-order valence-electron chi connectivity index (χ1n) is 5.38. The normalized spacial score (nSPS) is 23.6. The fourth-order valence-corrected chi connectivity index (χ4v) is 2.00. The highest BCUT2D eigenvalue weighted by Gasteiger charge is 2.33. The van der Waals surface area contributed by atoms with Crippen LogP contribution in [0.1, 0.15) is 0 Å². The molecule has 2 N–H and O–H groups in total. The van der Waals surface area contributed by atoms with Crippen LogP contribution in [0.4, 0.5) is 5.82 Å². The molecule has 2 rings (SSSR count). The molecule has 1 amide bonds. The van der Waals surface area contributed by atoms with Crippen LogP contribution in [0, 0.1) is 5.92 Å². The Labute approximate surface area is 108 Å². The molecule has 6 heteroatoms. The Bertz CT molecular complexity index is 396. The number of halogens is 1. The summed E-state index contributed by atoms with van der Waals surface area (Å²) < 4.78 is 6.17. The van der Waals surface area contributed by atoms with Crippen molar-refractivity contribution in [2.45, 2.75) is 6.04 Å². The molecule has 0 bridgehead atoms. The summed E-state index contributed by atoms with van der Waals surface area (Å²) in [4.78, 5) is 16.1. The number of anilines is 1. The predicted octanol–water partition coefficient (Wildman–Crippen LogP) is 1.02. The molecule has 17 heavy (non-hydrogen) atoms. The minimum Gasteiger partial charge on any atom is -0.379 e. The number of nitrogens with zero attached hydrogens (tertiary/aromatic N) is 1. The van der Waals surface area contributed by atoms with E-state index in [4.69, 9.17) is 4.74 Å². The number of amides is 1. The second-order valence-corrected chi connectivity index (χ2v) is 4.81. The van der Waals surface area contributed by atoms with Crippen molar-refractivity contribution in [2.75, 3.05) is 25.6 Å². The highest BCUT2D eigenvalue weighted by molar-refractivity contribution is 9.10. The first-order chi connectivity index (χ1) is 8.20. The number of aromatic nitrogens is 1. The second-order valence-electron chi connectivity index (χ2n) is 3.89. The molecule has 0 aromatic carbocycles. The highest BCUT2D eigenvalue weighted by atomic mass is 79.9. The van der Waals surface area contributed by atoms with Crippen LogP contribution in [-0.4, -0.2) is 37.2 Å². The smallest absolute Gasteiger partial charge is 0.232 e. The van der Waals surface area contributed by atoms with E-state index in [-0.39, 0.29) is 17.9 Å². The van der Waals surface area contributed by atoms with Crippen LogP contribution in [0.15, 0.2) is 22.8 Å². The van der Waals surface area contributed by atoms with Gasteiger partial charge in [-0.1, -0.05) is 0 Å². The highest BCUT2D eigenvalue weighted by Crippen LogP contribution is 2.16. The number of carbonyl (C=O) groups is 1. The van der Waals surface area contributed by atoms with Crippen molar-refractivity contribution >= 4 is 27.7 Å². The molecule has 0 radical (unpaired) electrons. The monoisotopic (exact) mass is 299 g/mol. The molecule has 1 aromatic rings. The molecule has 1 saturated heterocycles. The molecular weight excluding hydrogens is 286 g/mol. The van der Waals surface area contributed by atoms with E-state index >= 15 is 0 Å². The van der Waals surface area contributed by atoms with Gasteiger partial charge in [-0.05, 0) is 35.1 Å². The Morgan fingerprint density at radius 1 is 1.53 bits per heavy atom. The van der Waals surface area contributed by atoms with E-state index in [2.05, 4.69) is 31.5 Å². The van der Waals surface area contributed by atoms with Gasteiger partial charge in [0.25, 0.3) is 0 Å². The third-order valence-electron chi connectivity index (χ3n) is 2.77. The third-order valence-corrected chi connectivity index (χ3v) is 3.24. The lowest BCUT2D eigenvalue weighted by atomic mass is 10.0. The molecule has 5 nitrogen and oxygen atoms in total. The van der Waals surface area contributed by atoms with Gasteiger partial charge in [0.2, 0.25) is 5.91 Å². The fourth-order valence-electron chi connectivity index (χ4n) is 1.77. The van der Waals surface area contributed by atoms with E-state index < -0.39 is 0 Å². The maximum atomic E-state index is 12.0. The molecule has 1 fully saturated rings. The largest absolute Gasteiger partial charge is 0.379 e. The van der Waals surface area contributed by atoms with Gasteiger partial charge in [0.1, 0.15) is 5.82 Å². The van der Waals surface area contributed by atoms with Gasteiger partial charge in [-0.15, -0.1) is 0 Å². The Kier molecular flexibility index (Phi) is 4.09. The maximum Gasteiger partial charge on any atom is 0.232 e. The van der Waals surface area contributed by atoms with Crippen LogP contribution >= 0.6 is 15.9 Å². The second kappa shape index (κ2) is 5.57. The third kappa shape index (κ3) is 3.02. The van der Waals surface area contributed by atoms with Crippen LogP contribution in [0.5, 0.6) is 0 Å². The quantitative estimate of drug-likeness (QED) is 0.875. The summed E-state index contributed by atoms with van der Waals surface area (Å²) >= 11 is 3.29. The predicted molar refractivity (Wildman–Crippen MR) is 67.7 cm³/mol. The summed E-state index contributed by atoms with van der Waals surface area (Å²) in [6.07, 6.45) is 1.65. The standard InChI is InChI=1S/C11H14BrN3O2/c1-13-9-6-17-5-8(9)11(16)15-10-3-2-7(12)4-14-10/h2-4,8-9,13H,5-6H2,1H3,(H,14,15,16). The summed E-state index contributed by atoms with van der Waals surface area (Å²) in [5.41, 5.74) is 0. The SMILES string of the molecule is CNC1COCC1C(=O)Nc1ccc(Br)cn1. The van der Waals surface area contributed by atoms with E-state index in [0.29, 0.717) is 19.0 Å². The zero-order valence-electron chi connectivity index (χ0n) is 9.44. The number of hydrogen-bond donors (Lipinski definition) is 2. The van der Waals surface area contributed by atoms with E-state index in [1.54, 1.807) is 12.3 Å². The number of carbonyl (C=O) groups excluding carboxylic acids is 1. The first kappa shape index (κ1) is 12.5. The van der Waals surface area contributed by atoms with Crippen molar-refractivity contribution in [3.05, 3.63) is 22.8 Å². The lowest BCUT2D eigenvalue weighted by Crippen LogP contribution is -2.39. The minimum atomic E-state index is -0.162. The molecule has 0 aliphatic carbocycles. The molecule has 1 aliphatic rings. The number of likely N-dealkylation sites (N-methyl/N-ethyl adjacent to an activating group) is 1. The van der Waals surface area contributed by atoms with E-state index in [1.165, 1.54) is 0 Å². The summed E-state index contributed by atoms with van der Waals surface area (Å²) in [5.74, 6) is 0.335. The van der Waals surface area contributed by atoms with Crippen molar-refractivity contribution in [3.63, 3.8) is 0 Å². The Morgan fingerprint density at radius 3 is 3.00 bits per heavy atom. The maximum absolute atomic E-state index is 12.0. The molecule has 2 heterocycles. The van der Waals surface area contributed by atoms with Gasteiger partial charge in [-0.25, -0.2) is 4.98 Å². The summed E-state index contributed by atoms with van der Waals surface area (Å²) in [5, 5.41) is 5.86. The summed E-state index contributed by atoms with van der Waals surface area (Å²) in [6, 6.07) is 3.67. The van der Waals surface area contributed by atoms with Crippen molar-refractivity contribution in [3.8, 4) is 0 Å². The summed E-state index contributed by atoms with van der Waals surface area (Å²) in [6.45, 7) is 1.02. The van der Waals surface area contributed by atoms with E-state index in [9.17, 15) is 4.79 Å². The Morgan fingerprint density at radius 2 is 2.35 bits per heavy atom. The zero-order valence-corrected chi connectivity index (χ0v) is 11.0. The number of pyridine rings is 1. The average Bonchev–Trinajstić information content (AvgIpc) is 2.80. The first-order valence-corrected chi connectivity index (χ1v) is 6.17. The van der Waals surface area contributed by atoms with Crippen LogP contribution in [0.25, 0.3) is 0 Å². The van der Waals surface area contributed by atoms with Crippen molar-refractivity contribution in [2.24, 2.45) is 5.92 Å². The number of hydrogen-bond acceptors (Lipinski definition) is 4. The molecule has 0 spiro atoms. The summed E-state index contributed by atoms with van der Waals surface area (Å²) in [7, 11) is 1.83. The van der Waals surface area contributed by atoms with Gasteiger partial charge < -0.3 is 15.4 Å². The molecule has 0 saturated carbocycles. The zero-order chi connectivity index (χ0) is 12.3. The van der Waals surface area contributed by atoms with Crippen LogP contribution in [-0.2, 0) is 9.53 Å². The van der Waals surface area contributed by atoms with Gasteiger partial charge in [0, 0.05) is 16.7 Å². The van der Waals surface area contributed by atoms with Crippen molar-refractivity contribution in [1.29, 1.82) is 0 Å². The minimum absolute atomic E-state index is 0.0586. The number of ether oxygens (including phenoxy) is 1.